The molecule has 0 aromatic heterocycles. The van der Waals surface area contributed by atoms with E-state index in [0.29, 0.717) is 17.9 Å². The average molecular weight is 262 g/mol. The second-order valence-electron chi connectivity index (χ2n) is 5.95. The minimum Gasteiger partial charge on any atom is -0.319 e. The summed E-state index contributed by atoms with van der Waals surface area (Å²) in [6.45, 7) is 12.3. The van der Waals surface area contributed by atoms with Gasteiger partial charge < -0.3 is 10.6 Å². The molecule has 0 amide bonds. The van der Waals surface area contributed by atoms with Gasteiger partial charge in [0.25, 0.3) is 0 Å². The van der Waals surface area contributed by atoms with Crippen molar-refractivity contribution in [3.8, 4) is 0 Å². The van der Waals surface area contributed by atoms with Crippen molar-refractivity contribution >= 4 is 0 Å². The highest BCUT2D eigenvalue weighted by Crippen LogP contribution is 2.31. The van der Waals surface area contributed by atoms with Crippen LogP contribution in [0.2, 0.25) is 0 Å². The smallest absolute Gasteiger partial charge is 0.0363 e. The molecule has 19 heavy (non-hydrogen) atoms. The van der Waals surface area contributed by atoms with Gasteiger partial charge >= 0.3 is 0 Å². The molecule has 2 nitrogen and oxygen atoms in total. The summed E-state index contributed by atoms with van der Waals surface area (Å²) in [6, 6.07) is 4.95. The molecule has 0 aliphatic heterocycles. The minimum atomic E-state index is 0.409. The molecule has 0 saturated heterocycles. The fraction of sp³-hybridized carbons (Fsp3) is 0.647. The van der Waals surface area contributed by atoms with Crippen molar-refractivity contribution in [1.29, 1.82) is 0 Å². The third-order valence-corrected chi connectivity index (χ3v) is 4.47. The normalized spacial score (nSPS) is 14.7. The molecular weight excluding hydrogens is 232 g/mol. The minimum absolute atomic E-state index is 0.409. The Balaban J connectivity index is 3.18. The first-order valence-electron chi connectivity index (χ1n) is 7.32. The first kappa shape index (κ1) is 16.2. The largest absolute Gasteiger partial charge is 0.319 e. The molecule has 2 unspecified atom stereocenters. The Hall–Kier alpha value is -0.860. The van der Waals surface area contributed by atoms with Gasteiger partial charge in [-0.15, -0.1) is 0 Å². The highest BCUT2D eigenvalue weighted by atomic mass is 14.9. The molecule has 0 spiro atoms. The quantitative estimate of drug-likeness (QED) is 0.821. The van der Waals surface area contributed by atoms with Crippen molar-refractivity contribution in [3.63, 3.8) is 0 Å². The molecule has 1 rings (SSSR count). The molecule has 0 radical (unpaired) electrons. The summed E-state index contributed by atoms with van der Waals surface area (Å²) in [5, 5.41) is 6.87. The molecule has 2 N–H and O–H groups in total. The zero-order valence-corrected chi connectivity index (χ0v) is 13.6. The number of hydrogen-bond acceptors (Lipinski definition) is 2. The van der Waals surface area contributed by atoms with Crippen molar-refractivity contribution in [2.24, 2.45) is 11.8 Å². The van der Waals surface area contributed by atoms with Gasteiger partial charge in [-0.3, -0.25) is 0 Å². The maximum atomic E-state index is 3.53. The second kappa shape index (κ2) is 7.06. The Bertz CT molecular complexity index is 410. The maximum absolute atomic E-state index is 3.53. The molecule has 1 aromatic rings. The van der Waals surface area contributed by atoms with Crippen molar-refractivity contribution in [3.05, 3.63) is 34.4 Å². The zero-order valence-electron chi connectivity index (χ0n) is 13.6. The van der Waals surface area contributed by atoms with Crippen LogP contribution in [0.1, 0.15) is 42.1 Å². The molecule has 0 fully saturated rings. The molecule has 0 bridgehead atoms. The van der Waals surface area contributed by atoms with E-state index in [9.17, 15) is 0 Å². The summed E-state index contributed by atoms with van der Waals surface area (Å²) in [6.07, 6.45) is 0. The van der Waals surface area contributed by atoms with E-state index in [2.05, 4.69) is 64.4 Å². The first-order valence-corrected chi connectivity index (χ1v) is 7.32. The maximum Gasteiger partial charge on any atom is 0.0363 e. The van der Waals surface area contributed by atoms with Crippen LogP contribution < -0.4 is 10.6 Å². The van der Waals surface area contributed by atoms with Crippen LogP contribution in [0.15, 0.2) is 12.1 Å². The number of benzene rings is 1. The highest BCUT2D eigenvalue weighted by Gasteiger charge is 2.25. The molecule has 2 atom stereocenters. The van der Waals surface area contributed by atoms with Gasteiger partial charge in [0.1, 0.15) is 0 Å². The van der Waals surface area contributed by atoms with Gasteiger partial charge in [0, 0.05) is 6.04 Å². The lowest BCUT2D eigenvalue weighted by Crippen LogP contribution is -2.35. The second-order valence-corrected chi connectivity index (χ2v) is 5.95. The van der Waals surface area contributed by atoms with Crippen LogP contribution in [0.3, 0.4) is 0 Å². The van der Waals surface area contributed by atoms with Gasteiger partial charge in [0.15, 0.2) is 0 Å². The van der Waals surface area contributed by atoms with E-state index in [4.69, 9.17) is 0 Å². The van der Waals surface area contributed by atoms with Crippen LogP contribution in [-0.4, -0.2) is 20.6 Å². The Labute approximate surface area is 119 Å². The van der Waals surface area contributed by atoms with E-state index in [1.807, 2.05) is 7.05 Å². The summed E-state index contributed by atoms with van der Waals surface area (Å²) in [7, 11) is 4.11. The van der Waals surface area contributed by atoms with E-state index in [0.717, 1.165) is 6.54 Å². The van der Waals surface area contributed by atoms with Crippen molar-refractivity contribution in [1.82, 2.24) is 10.6 Å². The zero-order chi connectivity index (χ0) is 14.6. The molecule has 1 aromatic carbocycles. The molecule has 2 heteroatoms. The number of nitrogens with one attached hydrogen (secondary N) is 2. The van der Waals surface area contributed by atoms with Crippen molar-refractivity contribution in [2.45, 2.75) is 40.7 Å². The predicted molar refractivity (Wildman–Crippen MR) is 84.7 cm³/mol. The highest BCUT2D eigenvalue weighted by molar-refractivity contribution is 5.40. The van der Waals surface area contributed by atoms with Gasteiger partial charge in [0.05, 0.1) is 0 Å². The van der Waals surface area contributed by atoms with Crippen LogP contribution in [0, 0.1) is 32.6 Å². The van der Waals surface area contributed by atoms with Gasteiger partial charge in [0.2, 0.25) is 0 Å². The SMILES string of the molecule is CNCC(C(C)C)C(NC)c1ccc(C)c(C)c1C. The van der Waals surface area contributed by atoms with E-state index in [1.165, 1.54) is 22.3 Å². The average Bonchev–Trinajstić information content (AvgIpc) is 2.37. The van der Waals surface area contributed by atoms with Gasteiger partial charge in [-0.2, -0.15) is 0 Å². The molecule has 0 heterocycles. The van der Waals surface area contributed by atoms with Gasteiger partial charge in [-0.05, 0) is 75.5 Å². The van der Waals surface area contributed by atoms with E-state index in [1.54, 1.807) is 0 Å². The van der Waals surface area contributed by atoms with Crippen molar-refractivity contribution in [2.75, 3.05) is 20.6 Å². The summed E-state index contributed by atoms with van der Waals surface area (Å²) in [4.78, 5) is 0. The van der Waals surface area contributed by atoms with E-state index < -0.39 is 0 Å². The van der Waals surface area contributed by atoms with Gasteiger partial charge in [-0.1, -0.05) is 26.0 Å². The lowest BCUT2D eigenvalue weighted by atomic mass is 9.81. The fourth-order valence-corrected chi connectivity index (χ4v) is 2.89. The lowest BCUT2D eigenvalue weighted by Gasteiger charge is -2.32. The summed E-state index contributed by atoms with van der Waals surface area (Å²) in [5.74, 6) is 1.24. The lowest BCUT2D eigenvalue weighted by molar-refractivity contribution is 0.284. The molecule has 0 saturated carbocycles. The first-order chi connectivity index (χ1) is 8.93. The molecular formula is C17H30N2. The fourth-order valence-electron chi connectivity index (χ4n) is 2.89. The number of hydrogen-bond donors (Lipinski definition) is 2. The van der Waals surface area contributed by atoms with E-state index in [-0.39, 0.29) is 0 Å². The Morgan fingerprint density at radius 3 is 2.11 bits per heavy atom. The summed E-state index contributed by atoms with van der Waals surface area (Å²) >= 11 is 0. The third-order valence-electron chi connectivity index (χ3n) is 4.47. The van der Waals surface area contributed by atoms with Crippen LogP contribution in [0.5, 0.6) is 0 Å². The molecule has 0 aliphatic carbocycles. The molecule has 108 valence electrons. The van der Waals surface area contributed by atoms with Gasteiger partial charge in [-0.25, -0.2) is 0 Å². The summed E-state index contributed by atoms with van der Waals surface area (Å²) in [5.41, 5.74) is 5.68. The Kier molecular flexibility index (Phi) is 6.02. The van der Waals surface area contributed by atoms with Crippen molar-refractivity contribution < 1.29 is 0 Å². The topological polar surface area (TPSA) is 24.1 Å². The Morgan fingerprint density at radius 2 is 1.63 bits per heavy atom. The predicted octanol–water partition coefficient (Wildman–Crippen LogP) is 3.36. The third kappa shape index (κ3) is 3.58. The van der Waals surface area contributed by atoms with Crippen LogP contribution in [0.4, 0.5) is 0 Å². The monoisotopic (exact) mass is 262 g/mol. The van der Waals surface area contributed by atoms with Crippen LogP contribution in [0.25, 0.3) is 0 Å². The Morgan fingerprint density at radius 1 is 1.00 bits per heavy atom. The van der Waals surface area contributed by atoms with E-state index >= 15 is 0 Å². The number of rotatable bonds is 6. The van der Waals surface area contributed by atoms with Crippen LogP contribution >= 0.6 is 0 Å². The molecule has 0 aliphatic rings. The van der Waals surface area contributed by atoms with Crippen LogP contribution in [-0.2, 0) is 0 Å². The number of aryl methyl sites for hydroxylation is 1. The summed E-state index contributed by atoms with van der Waals surface area (Å²) < 4.78 is 0. The standard InChI is InChI=1S/C17H30N2/c1-11(2)16(10-18-6)17(19-7)15-9-8-12(3)13(4)14(15)5/h8-9,11,16-19H,10H2,1-7H3.